The van der Waals surface area contributed by atoms with Gasteiger partial charge in [0.25, 0.3) is 0 Å². The Hall–Kier alpha value is -1.86. The number of rotatable bonds is 6. The Balaban J connectivity index is 1.70. The van der Waals surface area contributed by atoms with E-state index in [-0.39, 0.29) is 18.2 Å². The molecule has 2 rings (SSSR count). The quantitative estimate of drug-likeness (QED) is 0.813. The summed E-state index contributed by atoms with van der Waals surface area (Å²) in [6, 6.07) is 3.69. The molecule has 7 heteroatoms. The summed E-state index contributed by atoms with van der Waals surface area (Å²) in [5.74, 6) is 0.870. The van der Waals surface area contributed by atoms with Crippen molar-refractivity contribution in [1.29, 1.82) is 0 Å². The van der Waals surface area contributed by atoms with E-state index in [1.54, 1.807) is 6.20 Å². The molecule has 0 bridgehead atoms. The van der Waals surface area contributed by atoms with E-state index in [4.69, 9.17) is 4.74 Å². The average Bonchev–Trinajstić information content (AvgIpc) is 2.52. The minimum Gasteiger partial charge on any atom is -0.373 e. The van der Waals surface area contributed by atoms with Gasteiger partial charge in [-0.25, -0.2) is 9.78 Å². The Kier molecular flexibility index (Phi) is 6.81. The number of pyridine rings is 1. The molecule has 0 unspecified atom stereocenters. The Morgan fingerprint density at radius 1 is 1.33 bits per heavy atom. The third-order valence-corrected chi connectivity index (χ3v) is 3.94. The molecular formula is C17H29N5O2. The number of ether oxygens (including phenoxy) is 1. The van der Waals surface area contributed by atoms with E-state index in [9.17, 15) is 4.79 Å². The summed E-state index contributed by atoms with van der Waals surface area (Å²) in [6.07, 6.45) is 2.25. The van der Waals surface area contributed by atoms with Crippen LogP contribution in [0, 0.1) is 0 Å². The van der Waals surface area contributed by atoms with Gasteiger partial charge in [-0.05, 0) is 19.9 Å². The highest BCUT2D eigenvalue weighted by molar-refractivity contribution is 5.74. The van der Waals surface area contributed by atoms with Gasteiger partial charge in [0.05, 0.1) is 12.2 Å². The van der Waals surface area contributed by atoms with E-state index in [0.29, 0.717) is 13.1 Å². The van der Waals surface area contributed by atoms with Crippen molar-refractivity contribution >= 4 is 11.8 Å². The number of morpholine rings is 1. The molecule has 2 N–H and O–H groups in total. The fourth-order valence-corrected chi connectivity index (χ4v) is 3.00. The zero-order valence-corrected chi connectivity index (χ0v) is 15.1. The standard InChI is InChI=1S/C17H29N5O2/c1-13-11-22(12-14(2)24-13)9-8-19-17(23)20-10-15-6-5-7-18-16(15)21(3)4/h5-7,13-14H,8-12H2,1-4H3,(H2,19,20,23)/t13-,14-/m1/s1. The average molecular weight is 335 g/mol. The molecule has 7 nitrogen and oxygen atoms in total. The van der Waals surface area contributed by atoms with E-state index in [1.165, 1.54) is 0 Å². The predicted molar refractivity (Wildman–Crippen MR) is 95.3 cm³/mol. The first-order valence-electron chi connectivity index (χ1n) is 8.46. The number of amides is 2. The number of anilines is 1. The minimum absolute atomic E-state index is 0.155. The molecule has 1 aliphatic rings. The number of aromatic nitrogens is 1. The molecule has 2 heterocycles. The highest BCUT2D eigenvalue weighted by atomic mass is 16.5. The lowest BCUT2D eigenvalue weighted by molar-refractivity contribution is -0.0672. The van der Waals surface area contributed by atoms with Crippen LogP contribution in [0.15, 0.2) is 18.3 Å². The lowest BCUT2D eigenvalue weighted by Gasteiger charge is -2.35. The number of hydrogen-bond acceptors (Lipinski definition) is 5. The lowest BCUT2D eigenvalue weighted by Crippen LogP contribution is -2.48. The molecule has 1 saturated heterocycles. The van der Waals surface area contributed by atoms with Crippen LogP contribution in [0.4, 0.5) is 10.6 Å². The predicted octanol–water partition coefficient (Wildman–Crippen LogP) is 1.06. The van der Waals surface area contributed by atoms with Crippen molar-refractivity contribution in [2.24, 2.45) is 0 Å². The van der Waals surface area contributed by atoms with E-state index >= 15 is 0 Å². The van der Waals surface area contributed by atoms with Gasteiger partial charge >= 0.3 is 6.03 Å². The first-order valence-corrected chi connectivity index (χ1v) is 8.46. The number of carbonyl (C=O) groups excluding carboxylic acids is 1. The Bertz CT molecular complexity index is 527. The Morgan fingerprint density at radius 2 is 2.04 bits per heavy atom. The van der Waals surface area contributed by atoms with Gasteiger partial charge in [-0.3, -0.25) is 4.90 Å². The molecule has 0 aromatic carbocycles. The second-order valence-electron chi connectivity index (χ2n) is 6.51. The maximum Gasteiger partial charge on any atom is 0.315 e. The zero-order valence-electron chi connectivity index (χ0n) is 15.1. The lowest BCUT2D eigenvalue weighted by atomic mass is 10.2. The molecule has 2 amide bonds. The second kappa shape index (κ2) is 8.84. The summed E-state index contributed by atoms with van der Waals surface area (Å²) >= 11 is 0. The van der Waals surface area contributed by atoms with Gasteiger partial charge in [0.15, 0.2) is 0 Å². The minimum atomic E-state index is -0.155. The monoisotopic (exact) mass is 335 g/mol. The van der Waals surface area contributed by atoms with Gasteiger partial charge in [-0.1, -0.05) is 6.07 Å². The molecule has 1 aliphatic heterocycles. The largest absolute Gasteiger partial charge is 0.373 e. The molecule has 1 aromatic rings. The molecule has 0 spiro atoms. The van der Waals surface area contributed by atoms with E-state index in [1.807, 2.05) is 31.1 Å². The van der Waals surface area contributed by atoms with Crippen molar-refractivity contribution in [3.63, 3.8) is 0 Å². The summed E-state index contributed by atoms with van der Waals surface area (Å²) in [6.45, 7) is 7.90. The third kappa shape index (κ3) is 5.65. The van der Waals surface area contributed by atoms with Crippen molar-refractivity contribution in [3.05, 3.63) is 23.9 Å². The molecule has 2 atom stereocenters. The maximum atomic E-state index is 12.0. The van der Waals surface area contributed by atoms with E-state index < -0.39 is 0 Å². The van der Waals surface area contributed by atoms with Crippen LogP contribution in [0.5, 0.6) is 0 Å². The topological polar surface area (TPSA) is 69.7 Å². The van der Waals surface area contributed by atoms with Crippen LogP contribution in [0.3, 0.4) is 0 Å². The van der Waals surface area contributed by atoms with Crippen LogP contribution in [0.2, 0.25) is 0 Å². The van der Waals surface area contributed by atoms with E-state index in [0.717, 1.165) is 31.0 Å². The van der Waals surface area contributed by atoms with Crippen LogP contribution in [-0.4, -0.2) is 68.4 Å². The summed E-state index contributed by atoms with van der Waals surface area (Å²) in [5, 5.41) is 5.80. The molecular weight excluding hydrogens is 306 g/mol. The summed E-state index contributed by atoms with van der Waals surface area (Å²) in [7, 11) is 3.88. The Labute approximate surface area is 144 Å². The van der Waals surface area contributed by atoms with Gasteiger partial charge in [0.2, 0.25) is 0 Å². The summed E-state index contributed by atoms with van der Waals surface area (Å²) in [5.41, 5.74) is 0.994. The van der Waals surface area contributed by atoms with Crippen LogP contribution >= 0.6 is 0 Å². The van der Waals surface area contributed by atoms with Crippen LogP contribution in [0.1, 0.15) is 19.4 Å². The van der Waals surface area contributed by atoms with Crippen molar-refractivity contribution < 1.29 is 9.53 Å². The Morgan fingerprint density at radius 3 is 2.71 bits per heavy atom. The molecule has 0 radical (unpaired) electrons. The normalized spacial score (nSPS) is 21.3. The molecule has 0 saturated carbocycles. The van der Waals surface area contributed by atoms with Gasteiger partial charge in [0, 0.05) is 58.6 Å². The molecule has 1 aromatic heterocycles. The third-order valence-electron chi connectivity index (χ3n) is 3.94. The number of nitrogens with zero attached hydrogens (tertiary/aromatic N) is 3. The molecule has 24 heavy (non-hydrogen) atoms. The van der Waals surface area contributed by atoms with Crippen LogP contribution in [-0.2, 0) is 11.3 Å². The smallest absolute Gasteiger partial charge is 0.315 e. The highest BCUT2D eigenvalue weighted by Gasteiger charge is 2.21. The summed E-state index contributed by atoms with van der Waals surface area (Å²) < 4.78 is 5.71. The molecule has 0 aliphatic carbocycles. The molecule has 1 fully saturated rings. The zero-order chi connectivity index (χ0) is 17.5. The number of urea groups is 1. The van der Waals surface area contributed by atoms with Crippen molar-refractivity contribution in [2.75, 3.05) is 45.2 Å². The number of nitrogens with one attached hydrogen (secondary N) is 2. The van der Waals surface area contributed by atoms with Crippen LogP contribution < -0.4 is 15.5 Å². The van der Waals surface area contributed by atoms with Crippen molar-refractivity contribution in [3.8, 4) is 0 Å². The second-order valence-corrected chi connectivity index (χ2v) is 6.51. The summed E-state index contributed by atoms with van der Waals surface area (Å²) in [4.78, 5) is 20.6. The number of hydrogen-bond donors (Lipinski definition) is 2. The first-order chi connectivity index (χ1) is 11.5. The van der Waals surface area contributed by atoms with Crippen molar-refractivity contribution in [1.82, 2.24) is 20.5 Å². The fraction of sp³-hybridized carbons (Fsp3) is 0.647. The molecule has 134 valence electrons. The highest BCUT2D eigenvalue weighted by Crippen LogP contribution is 2.13. The van der Waals surface area contributed by atoms with Gasteiger partial charge in [-0.2, -0.15) is 0 Å². The van der Waals surface area contributed by atoms with Gasteiger partial charge < -0.3 is 20.3 Å². The number of carbonyl (C=O) groups is 1. The SMILES string of the molecule is C[C@@H]1CN(CCNC(=O)NCc2cccnc2N(C)C)C[C@@H](C)O1. The van der Waals surface area contributed by atoms with Crippen molar-refractivity contribution in [2.45, 2.75) is 32.6 Å². The van der Waals surface area contributed by atoms with Gasteiger partial charge in [-0.15, -0.1) is 0 Å². The fourth-order valence-electron chi connectivity index (χ4n) is 3.00. The van der Waals surface area contributed by atoms with E-state index in [2.05, 4.69) is 34.4 Å². The maximum absolute atomic E-state index is 12.0. The van der Waals surface area contributed by atoms with Gasteiger partial charge in [0.1, 0.15) is 5.82 Å². The first kappa shape index (κ1) is 18.5. The van der Waals surface area contributed by atoms with Crippen LogP contribution in [0.25, 0.3) is 0 Å².